The summed E-state index contributed by atoms with van der Waals surface area (Å²) in [4.78, 5) is 14.1. The Kier molecular flexibility index (Phi) is 4.82. The smallest absolute Gasteiger partial charge is 0.263 e. The lowest BCUT2D eigenvalue weighted by atomic mass is 10.1. The topological polar surface area (TPSA) is 55.6 Å². The normalized spacial score (nSPS) is 21.0. The Morgan fingerprint density at radius 1 is 1.53 bits per heavy atom. The van der Waals surface area contributed by atoms with Crippen molar-refractivity contribution in [3.05, 3.63) is 28.7 Å². The van der Waals surface area contributed by atoms with Crippen molar-refractivity contribution in [2.75, 3.05) is 13.1 Å². The van der Waals surface area contributed by atoms with E-state index < -0.39 is 6.10 Å². The fraction of sp³-hybridized carbons (Fsp3) is 0.500. The van der Waals surface area contributed by atoms with Crippen LogP contribution in [0.2, 0.25) is 0 Å². The summed E-state index contributed by atoms with van der Waals surface area (Å²) in [6.45, 7) is 3.18. The summed E-state index contributed by atoms with van der Waals surface area (Å²) in [5.74, 6) is 0.690. The van der Waals surface area contributed by atoms with E-state index >= 15 is 0 Å². The molecule has 1 aliphatic heterocycles. The van der Waals surface area contributed by atoms with Crippen LogP contribution < -0.4 is 10.5 Å². The molecule has 4 nitrogen and oxygen atoms in total. The first-order chi connectivity index (χ1) is 9.08. The number of carbonyl (C=O) groups excluding carboxylic acids is 1. The molecule has 1 aromatic carbocycles. The van der Waals surface area contributed by atoms with Crippen molar-refractivity contribution < 1.29 is 9.53 Å². The molecule has 0 unspecified atom stereocenters. The van der Waals surface area contributed by atoms with Gasteiger partial charge in [-0.3, -0.25) is 4.79 Å². The molecule has 2 rings (SSSR count). The lowest BCUT2D eigenvalue weighted by molar-refractivity contribution is -0.139. The minimum absolute atomic E-state index is 0.00547. The third-order valence-corrected chi connectivity index (χ3v) is 3.91. The number of halogens is 1. The number of para-hydroxylation sites is 1. The molecule has 0 aromatic heterocycles. The highest BCUT2D eigenvalue weighted by atomic mass is 79.9. The summed E-state index contributed by atoms with van der Waals surface area (Å²) in [7, 11) is 0. The lowest BCUT2D eigenvalue weighted by Crippen LogP contribution is -2.49. The number of nitrogens with zero attached hydrogens (tertiary/aromatic N) is 1. The molecule has 5 heteroatoms. The molecule has 104 valence electrons. The van der Waals surface area contributed by atoms with Gasteiger partial charge in [-0.1, -0.05) is 12.1 Å². The van der Waals surface area contributed by atoms with Gasteiger partial charge in [0.25, 0.3) is 5.91 Å². The molecule has 2 N–H and O–H groups in total. The number of hydrogen-bond donors (Lipinski definition) is 1. The van der Waals surface area contributed by atoms with E-state index in [0.717, 1.165) is 23.9 Å². The molecule has 1 amide bonds. The van der Waals surface area contributed by atoms with Crippen LogP contribution in [-0.4, -0.2) is 36.0 Å². The van der Waals surface area contributed by atoms with E-state index in [0.29, 0.717) is 12.3 Å². The molecule has 0 aliphatic carbocycles. The second-order valence-corrected chi connectivity index (χ2v) is 5.73. The molecule has 19 heavy (non-hydrogen) atoms. The average Bonchev–Trinajstić information content (AvgIpc) is 2.40. The number of piperidine rings is 1. The van der Waals surface area contributed by atoms with Gasteiger partial charge in [-0.05, 0) is 47.8 Å². The van der Waals surface area contributed by atoms with E-state index in [1.54, 1.807) is 11.8 Å². The second-order valence-electron chi connectivity index (χ2n) is 4.88. The zero-order chi connectivity index (χ0) is 13.8. The van der Waals surface area contributed by atoms with Gasteiger partial charge in [0.05, 0.1) is 4.47 Å². The fourth-order valence-corrected chi connectivity index (χ4v) is 2.63. The Morgan fingerprint density at radius 2 is 2.26 bits per heavy atom. The Bertz CT molecular complexity index is 453. The van der Waals surface area contributed by atoms with E-state index in [9.17, 15) is 4.79 Å². The maximum absolute atomic E-state index is 12.3. The van der Waals surface area contributed by atoms with Gasteiger partial charge in [-0.25, -0.2) is 0 Å². The van der Waals surface area contributed by atoms with Crippen LogP contribution in [-0.2, 0) is 4.79 Å². The van der Waals surface area contributed by atoms with E-state index in [2.05, 4.69) is 15.9 Å². The molecule has 1 heterocycles. The zero-order valence-corrected chi connectivity index (χ0v) is 12.6. The highest BCUT2D eigenvalue weighted by Crippen LogP contribution is 2.25. The molecule has 2 atom stereocenters. The summed E-state index contributed by atoms with van der Waals surface area (Å²) in [5, 5.41) is 0. The van der Waals surface area contributed by atoms with Gasteiger partial charge >= 0.3 is 0 Å². The Morgan fingerprint density at radius 3 is 2.95 bits per heavy atom. The van der Waals surface area contributed by atoms with Crippen LogP contribution in [0.15, 0.2) is 28.7 Å². The molecule has 1 fully saturated rings. The summed E-state index contributed by atoms with van der Waals surface area (Å²) in [6, 6.07) is 7.62. The van der Waals surface area contributed by atoms with Crippen molar-refractivity contribution in [1.82, 2.24) is 4.90 Å². The lowest BCUT2D eigenvalue weighted by Gasteiger charge is -2.32. The first-order valence-corrected chi connectivity index (χ1v) is 7.33. The Balaban J connectivity index is 1.97. The second kappa shape index (κ2) is 6.39. The van der Waals surface area contributed by atoms with Gasteiger partial charge in [0, 0.05) is 19.1 Å². The fourth-order valence-electron chi connectivity index (χ4n) is 2.25. The highest BCUT2D eigenvalue weighted by Gasteiger charge is 2.26. The largest absolute Gasteiger partial charge is 0.480 e. The predicted octanol–water partition coefficient (Wildman–Crippen LogP) is 2.17. The van der Waals surface area contributed by atoms with Crippen LogP contribution in [0, 0.1) is 0 Å². The van der Waals surface area contributed by atoms with Crippen LogP contribution in [0.5, 0.6) is 5.75 Å². The van der Waals surface area contributed by atoms with Gasteiger partial charge in [-0.15, -0.1) is 0 Å². The summed E-state index contributed by atoms with van der Waals surface area (Å²) < 4.78 is 6.57. The van der Waals surface area contributed by atoms with Gasteiger partial charge in [0.1, 0.15) is 5.75 Å². The Labute approximate surface area is 122 Å². The minimum Gasteiger partial charge on any atom is -0.480 e. The third kappa shape index (κ3) is 3.70. The summed E-state index contributed by atoms with van der Waals surface area (Å²) in [5.41, 5.74) is 5.90. The van der Waals surface area contributed by atoms with Gasteiger partial charge in [0.2, 0.25) is 0 Å². The van der Waals surface area contributed by atoms with Gasteiger partial charge in [0.15, 0.2) is 6.10 Å². The number of ether oxygens (including phenoxy) is 1. The van der Waals surface area contributed by atoms with E-state index in [1.165, 1.54) is 0 Å². The number of benzene rings is 1. The molecule has 1 saturated heterocycles. The van der Waals surface area contributed by atoms with E-state index in [1.807, 2.05) is 24.3 Å². The number of amides is 1. The summed E-state index contributed by atoms with van der Waals surface area (Å²) in [6.07, 6.45) is 1.46. The van der Waals surface area contributed by atoms with Crippen LogP contribution >= 0.6 is 15.9 Å². The monoisotopic (exact) mass is 326 g/mol. The number of carbonyl (C=O) groups is 1. The molecule has 0 bridgehead atoms. The zero-order valence-electron chi connectivity index (χ0n) is 11.0. The Hall–Kier alpha value is -1.07. The first kappa shape index (κ1) is 14.3. The van der Waals surface area contributed by atoms with Crippen LogP contribution in [0.1, 0.15) is 19.8 Å². The number of nitrogens with two attached hydrogens (primary N) is 1. The van der Waals surface area contributed by atoms with E-state index in [-0.39, 0.29) is 11.9 Å². The first-order valence-electron chi connectivity index (χ1n) is 6.53. The molecule has 0 spiro atoms. The van der Waals surface area contributed by atoms with Crippen LogP contribution in [0.4, 0.5) is 0 Å². The standard InChI is InChI=1S/C14H19BrN2O2/c1-10(19-13-7-3-2-6-12(13)15)14(18)17-8-4-5-11(16)9-17/h2-3,6-7,10-11H,4-5,8-9,16H2,1H3/t10-,11+/m0/s1. The SMILES string of the molecule is C[C@H](Oc1ccccc1Br)C(=O)N1CCC[C@@H](N)C1. The quantitative estimate of drug-likeness (QED) is 0.926. The van der Waals surface area contributed by atoms with Gasteiger partial charge < -0.3 is 15.4 Å². The number of likely N-dealkylation sites (tertiary alicyclic amines) is 1. The maximum Gasteiger partial charge on any atom is 0.263 e. The highest BCUT2D eigenvalue weighted by molar-refractivity contribution is 9.10. The van der Waals surface area contributed by atoms with Crippen molar-refractivity contribution in [3.63, 3.8) is 0 Å². The molecule has 0 saturated carbocycles. The minimum atomic E-state index is -0.496. The van der Waals surface area contributed by atoms with Crippen LogP contribution in [0.25, 0.3) is 0 Å². The molecular weight excluding hydrogens is 308 g/mol. The number of hydrogen-bond acceptors (Lipinski definition) is 3. The van der Waals surface area contributed by atoms with Crippen molar-refractivity contribution in [1.29, 1.82) is 0 Å². The van der Waals surface area contributed by atoms with Crippen molar-refractivity contribution in [3.8, 4) is 5.75 Å². The molecule has 1 aromatic rings. The molecule has 0 radical (unpaired) electrons. The maximum atomic E-state index is 12.3. The third-order valence-electron chi connectivity index (χ3n) is 3.26. The van der Waals surface area contributed by atoms with Crippen LogP contribution in [0.3, 0.4) is 0 Å². The van der Waals surface area contributed by atoms with Crippen molar-refractivity contribution in [2.24, 2.45) is 5.73 Å². The number of rotatable bonds is 3. The predicted molar refractivity (Wildman–Crippen MR) is 78.0 cm³/mol. The van der Waals surface area contributed by atoms with Crippen molar-refractivity contribution >= 4 is 21.8 Å². The molecule has 1 aliphatic rings. The average molecular weight is 327 g/mol. The van der Waals surface area contributed by atoms with Crippen molar-refractivity contribution in [2.45, 2.75) is 31.9 Å². The summed E-state index contributed by atoms with van der Waals surface area (Å²) >= 11 is 3.41. The van der Waals surface area contributed by atoms with Gasteiger partial charge in [-0.2, -0.15) is 0 Å². The van der Waals surface area contributed by atoms with E-state index in [4.69, 9.17) is 10.5 Å². The molecular formula is C14H19BrN2O2.